The molecule has 0 aliphatic carbocycles. The Morgan fingerprint density at radius 2 is 1.75 bits per heavy atom. The quantitative estimate of drug-likeness (QED) is 0.777. The molecule has 8 heteroatoms. The van der Waals surface area contributed by atoms with Crippen LogP contribution in [-0.2, 0) is 15.1 Å². The minimum absolute atomic E-state index is 0.0301. The summed E-state index contributed by atoms with van der Waals surface area (Å²) in [5, 5.41) is 2.73. The van der Waals surface area contributed by atoms with Gasteiger partial charge in [0.05, 0.1) is 0 Å². The molecule has 1 aromatic rings. The van der Waals surface area contributed by atoms with Gasteiger partial charge in [-0.3, -0.25) is 14.5 Å². The fourth-order valence-electron chi connectivity index (χ4n) is 3.78. The number of nitrogens with zero attached hydrogens (tertiary/aromatic N) is 2. The molecule has 0 unspecified atom stereocenters. The molecule has 0 bridgehead atoms. The number of fused-ring (bicyclic) bond motifs is 1. The lowest BCUT2D eigenvalue weighted by molar-refractivity contribution is -0.141. The molecule has 0 saturated carbocycles. The maximum atomic E-state index is 13.1. The van der Waals surface area contributed by atoms with E-state index in [-0.39, 0.29) is 24.5 Å². The number of urea groups is 1. The van der Waals surface area contributed by atoms with Gasteiger partial charge >= 0.3 is 6.03 Å². The first kappa shape index (κ1) is 20.0. The molecule has 1 atom stereocenters. The number of ether oxygens (including phenoxy) is 2. The number of carbonyl (C=O) groups is 3. The molecular formula is C20H27N3O5. The average molecular weight is 389 g/mol. The van der Waals surface area contributed by atoms with Crippen LogP contribution in [0.25, 0.3) is 0 Å². The average Bonchev–Trinajstić information content (AvgIpc) is 2.85. The van der Waals surface area contributed by atoms with E-state index < -0.39 is 17.5 Å². The second-order valence-corrected chi connectivity index (χ2v) is 7.79. The van der Waals surface area contributed by atoms with Gasteiger partial charge in [-0.25, -0.2) is 4.79 Å². The molecular weight excluding hydrogens is 362 g/mol. The maximum absolute atomic E-state index is 13.1. The first-order chi connectivity index (χ1) is 13.1. The van der Waals surface area contributed by atoms with E-state index >= 15 is 0 Å². The molecule has 1 fully saturated rings. The van der Waals surface area contributed by atoms with E-state index in [1.165, 1.54) is 0 Å². The van der Waals surface area contributed by atoms with Crippen molar-refractivity contribution in [3.63, 3.8) is 0 Å². The zero-order chi connectivity index (χ0) is 20.6. The van der Waals surface area contributed by atoms with Crippen LogP contribution in [0.4, 0.5) is 4.79 Å². The number of hydrogen-bond donors (Lipinski definition) is 1. The van der Waals surface area contributed by atoms with E-state index in [4.69, 9.17) is 9.47 Å². The van der Waals surface area contributed by atoms with Crippen LogP contribution in [0.3, 0.4) is 0 Å². The van der Waals surface area contributed by atoms with Crippen LogP contribution in [-0.4, -0.2) is 59.5 Å². The highest BCUT2D eigenvalue weighted by Gasteiger charge is 2.50. The number of amides is 4. The molecule has 1 N–H and O–H groups in total. The van der Waals surface area contributed by atoms with Crippen LogP contribution in [0.2, 0.25) is 0 Å². The molecule has 3 rings (SSSR count). The monoisotopic (exact) mass is 389 g/mol. The Labute approximate surface area is 164 Å². The summed E-state index contributed by atoms with van der Waals surface area (Å²) < 4.78 is 11.1. The number of benzene rings is 1. The first-order valence-electron chi connectivity index (χ1n) is 9.50. The summed E-state index contributed by atoms with van der Waals surface area (Å²) in [6.07, 6.45) is 0. The third-order valence-corrected chi connectivity index (χ3v) is 5.09. The van der Waals surface area contributed by atoms with Gasteiger partial charge in [-0.2, -0.15) is 0 Å². The summed E-state index contributed by atoms with van der Waals surface area (Å²) in [7, 11) is 0. The van der Waals surface area contributed by atoms with Gasteiger partial charge in [-0.05, 0) is 52.3 Å². The largest absolute Gasteiger partial charge is 0.486 e. The van der Waals surface area contributed by atoms with Gasteiger partial charge in [0, 0.05) is 12.1 Å². The van der Waals surface area contributed by atoms with Crippen molar-refractivity contribution in [3.8, 4) is 11.5 Å². The molecule has 0 radical (unpaired) electrons. The van der Waals surface area contributed by atoms with Gasteiger partial charge in [0.25, 0.3) is 5.91 Å². The Morgan fingerprint density at radius 1 is 1.14 bits per heavy atom. The summed E-state index contributed by atoms with van der Waals surface area (Å²) >= 11 is 0. The molecule has 2 aliphatic rings. The van der Waals surface area contributed by atoms with Crippen molar-refractivity contribution >= 4 is 17.8 Å². The normalized spacial score (nSPS) is 21.3. The summed E-state index contributed by atoms with van der Waals surface area (Å²) in [6, 6.07) is 4.51. The predicted octanol–water partition coefficient (Wildman–Crippen LogP) is 1.87. The Bertz CT molecular complexity index is 799. The number of carbonyl (C=O) groups excluding carboxylic acids is 3. The van der Waals surface area contributed by atoms with Crippen molar-refractivity contribution in [2.45, 2.75) is 52.2 Å². The minimum atomic E-state index is -1.27. The Morgan fingerprint density at radius 3 is 2.36 bits per heavy atom. The molecule has 0 spiro atoms. The highest BCUT2D eigenvalue weighted by Crippen LogP contribution is 2.36. The molecule has 1 aromatic carbocycles. The van der Waals surface area contributed by atoms with Crippen LogP contribution in [0.5, 0.6) is 11.5 Å². The van der Waals surface area contributed by atoms with Gasteiger partial charge in [-0.1, -0.05) is 6.07 Å². The molecule has 1 saturated heterocycles. The summed E-state index contributed by atoms with van der Waals surface area (Å²) in [6.45, 7) is 9.86. The fourth-order valence-corrected chi connectivity index (χ4v) is 3.78. The predicted molar refractivity (Wildman–Crippen MR) is 102 cm³/mol. The topological polar surface area (TPSA) is 88.2 Å². The smallest absolute Gasteiger partial charge is 0.325 e. The van der Waals surface area contributed by atoms with Gasteiger partial charge in [0.2, 0.25) is 5.91 Å². The van der Waals surface area contributed by atoms with Gasteiger partial charge in [-0.15, -0.1) is 0 Å². The second-order valence-electron chi connectivity index (χ2n) is 7.79. The highest BCUT2D eigenvalue weighted by molar-refractivity contribution is 6.09. The van der Waals surface area contributed by atoms with E-state index in [0.29, 0.717) is 30.3 Å². The maximum Gasteiger partial charge on any atom is 0.325 e. The molecule has 2 heterocycles. The minimum Gasteiger partial charge on any atom is -0.486 e. The summed E-state index contributed by atoms with van der Waals surface area (Å²) in [4.78, 5) is 41.0. The highest BCUT2D eigenvalue weighted by atomic mass is 16.6. The third-order valence-electron chi connectivity index (χ3n) is 5.09. The molecule has 2 aliphatic heterocycles. The lowest BCUT2D eigenvalue weighted by Gasteiger charge is -2.32. The third kappa shape index (κ3) is 3.39. The van der Waals surface area contributed by atoms with Crippen molar-refractivity contribution in [2.75, 3.05) is 19.8 Å². The second kappa shape index (κ2) is 7.33. The Kier molecular flexibility index (Phi) is 5.23. The van der Waals surface area contributed by atoms with Crippen molar-refractivity contribution < 1.29 is 23.9 Å². The first-order valence-corrected chi connectivity index (χ1v) is 9.50. The lowest BCUT2D eigenvalue weighted by Crippen LogP contribution is -2.49. The van der Waals surface area contributed by atoms with Crippen LogP contribution in [0.1, 0.15) is 40.2 Å². The van der Waals surface area contributed by atoms with E-state index in [1.807, 2.05) is 27.7 Å². The van der Waals surface area contributed by atoms with Crippen LogP contribution >= 0.6 is 0 Å². The zero-order valence-corrected chi connectivity index (χ0v) is 16.9. The lowest BCUT2D eigenvalue weighted by atomic mass is 9.91. The molecule has 152 valence electrons. The van der Waals surface area contributed by atoms with Crippen molar-refractivity contribution in [2.24, 2.45) is 0 Å². The molecule has 28 heavy (non-hydrogen) atoms. The number of hydrogen-bond acceptors (Lipinski definition) is 5. The van der Waals surface area contributed by atoms with Gasteiger partial charge < -0.3 is 19.7 Å². The van der Waals surface area contributed by atoms with Crippen molar-refractivity contribution in [1.82, 2.24) is 15.1 Å². The molecule has 8 nitrogen and oxygen atoms in total. The summed E-state index contributed by atoms with van der Waals surface area (Å²) in [5.41, 5.74) is -0.692. The molecule has 0 aromatic heterocycles. The van der Waals surface area contributed by atoms with E-state index in [0.717, 1.165) is 4.90 Å². The standard InChI is InChI=1S/C20H27N3O5/c1-12(2)23(13(3)4)17(24)11-22-18(25)20(5,21-19(22)26)14-6-7-15-16(10-14)28-9-8-27-15/h6-7,10,12-13H,8-9,11H2,1-5H3,(H,21,26)/t20-/m1/s1. The zero-order valence-electron chi connectivity index (χ0n) is 16.9. The SMILES string of the molecule is CC(C)N(C(=O)CN1C(=O)N[C@](C)(c2ccc3c(c2)OCCO3)C1=O)C(C)C. The van der Waals surface area contributed by atoms with E-state index in [9.17, 15) is 14.4 Å². The summed E-state index contributed by atoms with van der Waals surface area (Å²) in [5.74, 6) is 0.411. The Balaban J connectivity index is 1.84. The number of rotatable bonds is 5. The van der Waals surface area contributed by atoms with Crippen LogP contribution in [0, 0.1) is 0 Å². The van der Waals surface area contributed by atoms with Crippen molar-refractivity contribution in [1.29, 1.82) is 0 Å². The van der Waals surface area contributed by atoms with E-state index in [1.54, 1.807) is 30.0 Å². The Hall–Kier alpha value is -2.77. The van der Waals surface area contributed by atoms with E-state index in [2.05, 4.69) is 5.32 Å². The molecule has 4 amide bonds. The van der Waals surface area contributed by atoms with Crippen LogP contribution < -0.4 is 14.8 Å². The number of imide groups is 1. The van der Waals surface area contributed by atoms with Crippen molar-refractivity contribution in [3.05, 3.63) is 23.8 Å². The van der Waals surface area contributed by atoms with Gasteiger partial charge in [0.15, 0.2) is 11.5 Å². The van der Waals surface area contributed by atoms with Gasteiger partial charge in [0.1, 0.15) is 25.3 Å². The number of nitrogens with one attached hydrogen (secondary N) is 1. The van der Waals surface area contributed by atoms with Crippen LogP contribution in [0.15, 0.2) is 18.2 Å². The fraction of sp³-hybridized carbons (Fsp3) is 0.550.